The van der Waals surface area contributed by atoms with E-state index in [-0.39, 0.29) is 36.2 Å². The molecule has 0 amide bonds. The summed E-state index contributed by atoms with van der Waals surface area (Å²) in [4.78, 5) is 58.8. The van der Waals surface area contributed by atoms with Crippen molar-refractivity contribution in [3.8, 4) is 22.9 Å². The molecule has 2 N–H and O–H groups in total. The predicted octanol–water partition coefficient (Wildman–Crippen LogP) is 7.78. The highest BCUT2D eigenvalue weighted by Gasteiger charge is 2.42. The van der Waals surface area contributed by atoms with Gasteiger partial charge in [0.05, 0.1) is 49.4 Å². The number of carbonyl (C=O) groups excluding carboxylic acids is 2. The van der Waals surface area contributed by atoms with Crippen LogP contribution in [0.25, 0.3) is 22.9 Å². The van der Waals surface area contributed by atoms with Crippen molar-refractivity contribution in [2.75, 3.05) is 13.2 Å². The van der Waals surface area contributed by atoms with Gasteiger partial charge in [0.1, 0.15) is 11.6 Å². The van der Waals surface area contributed by atoms with E-state index in [2.05, 4.69) is 20.3 Å². The second kappa shape index (κ2) is 17.8. The summed E-state index contributed by atoms with van der Waals surface area (Å²) in [7, 11) is 0. The van der Waals surface area contributed by atoms with E-state index in [1.54, 1.807) is 0 Å². The summed E-state index contributed by atoms with van der Waals surface area (Å²) >= 11 is 2.55. The Hall–Kier alpha value is -4.54. The number of carboxylic acid groups (broad SMARTS) is 2. The Morgan fingerprint density at radius 3 is 1.30 bits per heavy atom. The fraction of sp³-hybridized carbons (Fsp3) is 0.579. The van der Waals surface area contributed by atoms with E-state index in [1.165, 1.54) is 22.7 Å². The average molecular weight is 889 g/mol. The van der Waals surface area contributed by atoms with E-state index in [9.17, 15) is 55.7 Å². The molecule has 0 bridgehead atoms. The number of fused-ring (bicyclic) bond motifs is 2. The third-order valence-electron chi connectivity index (χ3n) is 11.2. The molecule has 2 saturated carbocycles. The zero-order chi connectivity index (χ0) is 42.9. The summed E-state index contributed by atoms with van der Waals surface area (Å²) in [5, 5.41) is 25.0. The number of ether oxygens (including phenoxy) is 2. The lowest BCUT2D eigenvalue weighted by Gasteiger charge is -2.27. The smallest absolute Gasteiger partial charge is 0.455 e. The molecule has 60 heavy (non-hydrogen) atoms. The molecular formula is C38H38F6N4O10S2. The topological polar surface area (TPSA) is 205 Å². The van der Waals surface area contributed by atoms with Crippen LogP contribution in [0.5, 0.6) is 0 Å². The Morgan fingerprint density at radius 1 is 0.600 bits per heavy atom. The molecule has 0 radical (unpaired) electrons. The number of aliphatic carboxylic acids is 2. The quantitative estimate of drug-likeness (QED) is 0.146. The third-order valence-corrected chi connectivity index (χ3v) is 13.6. The number of carbonyl (C=O) groups is 4. The van der Waals surface area contributed by atoms with Crippen LogP contribution in [0.3, 0.4) is 0 Å². The normalized spacial score (nSPS) is 22.0. The van der Waals surface area contributed by atoms with Crippen molar-refractivity contribution in [1.82, 2.24) is 20.3 Å². The first-order chi connectivity index (χ1) is 28.5. The maximum absolute atomic E-state index is 13.0. The van der Waals surface area contributed by atoms with E-state index >= 15 is 0 Å². The molecule has 22 heteroatoms. The van der Waals surface area contributed by atoms with Crippen LogP contribution < -0.4 is 0 Å². The molecule has 0 spiro atoms. The van der Waals surface area contributed by atoms with Gasteiger partial charge >= 0.3 is 24.3 Å². The first kappa shape index (κ1) is 43.5. The standard InChI is InChI=1S/2C19H19F3N2O5S/c2*20-19(21,22)18-23-16(29-24-18)15-11-5-6-28-8-14(11)30-13(15)7-12(25)9-3-1-2-4-10(9)17(26)27/h2*9-10H,1-8H2,(H,26,27)/t2*9-,10-/m10/s1. The zero-order valence-electron chi connectivity index (χ0n) is 31.7. The van der Waals surface area contributed by atoms with Crippen LogP contribution >= 0.6 is 22.7 Å². The molecule has 2 fully saturated rings. The lowest BCUT2D eigenvalue weighted by atomic mass is 9.76. The van der Waals surface area contributed by atoms with Gasteiger partial charge in [0.15, 0.2) is 0 Å². The highest BCUT2D eigenvalue weighted by Crippen LogP contribution is 2.43. The molecule has 4 aromatic heterocycles. The van der Waals surface area contributed by atoms with Crippen molar-refractivity contribution >= 4 is 46.2 Å². The minimum Gasteiger partial charge on any atom is -0.481 e. The Kier molecular flexibility index (Phi) is 12.9. The van der Waals surface area contributed by atoms with Gasteiger partial charge in [-0.15, -0.1) is 22.7 Å². The summed E-state index contributed by atoms with van der Waals surface area (Å²) in [6.45, 7) is 1.38. The van der Waals surface area contributed by atoms with Crippen LogP contribution in [0.1, 0.15) is 93.7 Å². The first-order valence-electron chi connectivity index (χ1n) is 19.3. The van der Waals surface area contributed by atoms with Gasteiger partial charge in [0.25, 0.3) is 23.4 Å². The van der Waals surface area contributed by atoms with E-state index in [0.717, 1.165) is 46.6 Å². The van der Waals surface area contributed by atoms with Gasteiger partial charge in [-0.1, -0.05) is 36.0 Å². The van der Waals surface area contributed by atoms with E-state index in [1.807, 2.05) is 0 Å². The molecule has 0 unspecified atom stereocenters. The van der Waals surface area contributed by atoms with Crippen LogP contribution in [0, 0.1) is 23.7 Å². The number of carboxylic acids is 2. The maximum atomic E-state index is 13.0. The molecule has 4 aromatic rings. The summed E-state index contributed by atoms with van der Waals surface area (Å²) in [5.74, 6) is -8.39. The molecule has 4 atom stereocenters. The van der Waals surface area contributed by atoms with Crippen LogP contribution in [-0.2, 0) is 79.9 Å². The van der Waals surface area contributed by atoms with Gasteiger partial charge in [-0.3, -0.25) is 19.2 Å². The van der Waals surface area contributed by atoms with Crippen molar-refractivity contribution in [2.24, 2.45) is 23.7 Å². The molecule has 4 aliphatic rings. The lowest BCUT2D eigenvalue weighted by molar-refractivity contribution is -0.148. The van der Waals surface area contributed by atoms with Gasteiger partial charge in [-0.05, 0) is 49.7 Å². The number of rotatable bonds is 10. The fourth-order valence-corrected chi connectivity index (χ4v) is 11.0. The second-order valence-corrected chi connectivity index (χ2v) is 17.4. The molecular weight excluding hydrogens is 851 g/mol. The molecule has 6 heterocycles. The number of nitrogens with zero attached hydrogens (tertiary/aromatic N) is 4. The summed E-state index contributed by atoms with van der Waals surface area (Å²) in [6.07, 6.45) is -3.74. The summed E-state index contributed by atoms with van der Waals surface area (Å²) < 4.78 is 98.3. The first-order valence-corrected chi connectivity index (χ1v) is 20.9. The van der Waals surface area contributed by atoms with E-state index in [4.69, 9.17) is 18.5 Å². The van der Waals surface area contributed by atoms with Crippen LogP contribution in [0.2, 0.25) is 0 Å². The Bertz CT molecular complexity index is 2090. The number of ketones is 2. The van der Waals surface area contributed by atoms with Gasteiger partial charge in [-0.25, -0.2) is 0 Å². The summed E-state index contributed by atoms with van der Waals surface area (Å²) in [5.41, 5.74) is 2.23. The van der Waals surface area contributed by atoms with E-state index < -0.39 is 59.6 Å². The Labute approximate surface area is 344 Å². The molecule has 0 saturated heterocycles. The minimum absolute atomic E-state index is 0.0782. The SMILES string of the molecule is O=C(O)[C@@H]1CCCC[C@H]1C(=O)Cc1sc2c(c1-c1nc(C(F)(F)F)no1)CCOC2.O=C(O)[C@H]1CCCC[C@@H]1C(=O)Cc1sc2c(c1-c1nc(C(F)(F)F)no1)CCOC2. The molecule has 2 aliphatic heterocycles. The van der Waals surface area contributed by atoms with Crippen molar-refractivity contribution in [3.63, 3.8) is 0 Å². The highest BCUT2D eigenvalue weighted by molar-refractivity contribution is 7.13. The van der Waals surface area contributed by atoms with Gasteiger partial charge in [0, 0.05) is 44.2 Å². The van der Waals surface area contributed by atoms with Crippen molar-refractivity contribution < 1.29 is 74.3 Å². The Morgan fingerprint density at radius 2 is 0.967 bits per heavy atom. The molecule has 14 nitrogen and oxygen atoms in total. The van der Waals surface area contributed by atoms with E-state index in [0.29, 0.717) is 85.8 Å². The van der Waals surface area contributed by atoms with Crippen molar-refractivity contribution in [2.45, 2.75) is 103 Å². The Balaban J connectivity index is 0.000000181. The van der Waals surface area contributed by atoms with Crippen molar-refractivity contribution in [1.29, 1.82) is 0 Å². The third kappa shape index (κ3) is 9.35. The van der Waals surface area contributed by atoms with Gasteiger partial charge < -0.3 is 28.7 Å². The second-order valence-electron chi connectivity index (χ2n) is 15.0. The lowest BCUT2D eigenvalue weighted by Crippen LogP contribution is -2.33. The number of hydrogen-bond acceptors (Lipinski definition) is 14. The van der Waals surface area contributed by atoms with Crippen molar-refractivity contribution in [3.05, 3.63) is 42.3 Å². The number of aromatic nitrogens is 4. The predicted molar refractivity (Wildman–Crippen MR) is 196 cm³/mol. The average Bonchev–Trinajstić information content (AvgIpc) is 4.02. The molecule has 2 aliphatic carbocycles. The number of hydrogen-bond donors (Lipinski definition) is 2. The number of Topliss-reactive ketones (excluding diaryl/α,β-unsaturated/α-hetero) is 2. The zero-order valence-corrected chi connectivity index (χ0v) is 33.3. The summed E-state index contributed by atoms with van der Waals surface area (Å²) in [6, 6.07) is 0. The molecule has 324 valence electrons. The van der Waals surface area contributed by atoms with Crippen LogP contribution in [0.4, 0.5) is 26.3 Å². The molecule has 0 aromatic carbocycles. The molecule has 8 rings (SSSR count). The number of thiophene rings is 2. The van der Waals surface area contributed by atoms with Crippen LogP contribution in [-0.4, -0.2) is 67.2 Å². The largest absolute Gasteiger partial charge is 0.481 e. The number of alkyl halides is 6. The van der Waals surface area contributed by atoms with Crippen LogP contribution in [0.15, 0.2) is 9.05 Å². The van der Waals surface area contributed by atoms with Gasteiger partial charge in [-0.2, -0.15) is 36.3 Å². The minimum atomic E-state index is -4.74. The fourth-order valence-electron chi connectivity index (χ4n) is 8.41. The van der Waals surface area contributed by atoms with Gasteiger partial charge in [0.2, 0.25) is 0 Å². The monoisotopic (exact) mass is 888 g/mol. The maximum Gasteiger partial charge on any atom is 0.455 e. The number of halogens is 6. The highest BCUT2D eigenvalue weighted by atomic mass is 32.1.